The van der Waals surface area contributed by atoms with Gasteiger partial charge in [-0.25, -0.2) is 14.6 Å². The first-order chi connectivity index (χ1) is 14.6. The molecule has 0 radical (unpaired) electrons. The maximum absolute atomic E-state index is 13.3. The number of hydrogen-bond acceptors (Lipinski definition) is 5. The smallest absolute Gasteiger partial charge is 0.434 e. The monoisotopic (exact) mass is 497 g/mol. The second-order valence-corrected chi connectivity index (χ2v) is 7.50. The van der Waals surface area contributed by atoms with Crippen molar-refractivity contribution in [1.82, 2.24) is 9.88 Å². The maximum Gasteiger partial charge on any atom is 0.434 e. The molecule has 31 heavy (non-hydrogen) atoms. The zero-order chi connectivity index (χ0) is 22.8. The maximum atomic E-state index is 13.3. The number of nitrogens with one attached hydrogen (secondary N) is 1. The van der Waals surface area contributed by atoms with Gasteiger partial charge in [0.05, 0.1) is 11.1 Å². The SMILES string of the molecule is N#Cc1cc(C(=O)O)c(C(F)(F)F)nc1N1CCN(C(=O)Nc2cccc(Br)c2)CC1. The largest absolute Gasteiger partial charge is 0.478 e. The van der Waals surface area contributed by atoms with Crippen LogP contribution in [0.15, 0.2) is 34.8 Å². The van der Waals surface area contributed by atoms with Gasteiger partial charge in [0.2, 0.25) is 0 Å². The van der Waals surface area contributed by atoms with E-state index in [0.717, 1.165) is 4.47 Å². The molecule has 0 aliphatic carbocycles. The molecule has 1 aliphatic heterocycles. The molecule has 2 heterocycles. The molecule has 12 heteroatoms. The van der Waals surface area contributed by atoms with Gasteiger partial charge in [-0.1, -0.05) is 22.0 Å². The highest BCUT2D eigenvalue weighted by molar-refractivity contribution is 9.10. The lowest BCUT2D eigenvalue weighted by atomic mass is 10.1. The fourth-order valence-corrected chi connectivity index (χ4v) is 3.50. The van der Waals surface area contributed by atoms with Crippen LogP contribution in [0.3, 0.4) is 0 Å². The van der Waals surface area contributed by atoms with Gasteiger partial charge in [0, 0.05) is 36.3 Å². The minimum absolute atomic E-state index is 0.122. The Balaban J connectivity index is 1.78. The Morgan fingerprint density at radius 1 is 1.19 bits per heavy atom. The van der Waals surface area contributed by atoms with Crippen LogP contribution < -0.4 is 10.2 Å². The van der Waals surface area contributed by atoms with E-state index in [-0.39, 0.29) is 43.6 Å². The highest BCUT2D eigenvalue weighted by Gasteiger charge is 2.39. The number of aromatic nitrogens is 1. The number of carboxylic acids is 1. The molecule has 0 saturated carbocycles. The average Bonchev–Trinajstić information content (AvgIpc) is 2.72. The van der Waals surface area contributed by atoms with Crippen molar-refractivity contribution < 1.29 is 27.9 Å². The van der Waals surface area contributed by atoms with Crippen molar-refractivity contribution in [3.05, 3.63) is 51.6 Å². The lowest BCUT2D eigenvalue weighted by Gasteiger charge is -2.36. The number of alkyl halides is 3. The lowest BCUT2D eigenvalue weighted by Crippen LogP contribution is -2.50. The molecule has 1 aromatic carbocycles. The van der Waals surface area contributed by atoms with Crippen LogP contribution >= 0.6 is 15.9 Å². The molecule has 2 N–H and O–H groups in total. The van der Waals surface area contributed by atoms with E-state index in [1.807, 2.05) is 0 Å². The summed E-state index contributed by atoms with van der Waals surface area (Å²) in [5.74, 6) is -2.08. The van der Waals surface area contributed by atoms with Gasteiger partial charge in [0.15, 0.2) is 5.69 Å². The first-order valence-electron chi connectivity index (χ1n) is 8.92. The number of carboxylic acid groups (broad SMARTS) is 1. The molecular weight excluding hydrogens is 483 g/mol. The number of carbonyl (C=O) groups is 2. The Hall–Kier alpha value is -3.33. The van der Waals surface area contributed by atoms with Crippen LogP contribution in [0.4, 0.5) is 29.5 Å². The number of urea groups is 1. The van der Waals surface area contributed by atoms with E-state index in [1.165, 1.54) is 9.80 Å². The number of carbonyl (C=O) groups excluding carboxylic acids is 1. The minimum atomic E-state index is -5.00. The first kappa shape index (κ1) is 22.4. The van der Waals surface area contributed by atoms with E-state index >= 15 is 0 Å². The zero-order valence-corrected chi connectivity index (χ0v) is 17.4. The van der Waals surface area contributed by atoms with Gasteiger partial charge in [0.1, 0.15) is 11.9 Å². The fourth-order valence-electron chi connectivity index (χ4n) is 3.10. The number of benzene rings is 1. The summed E-state index contributed by atoms with van der Waals surface area (Å²) in [7, 11) is 0. The molecule has 2 aromatic rings. The van der Waals surface area contributed by atoms with E-state index < -0.39 is 23.4 Å². The molecule has 1 fully saturated rings. The zero-order valence-electron chi connectivity index (χ0n) is 15.8. The summed E-state index contributed by atoms with van der Waals surface area (Å²) in [4.78, 5) is 30.0. The quantitative estimate of drug-likeness (QED) is 0.667. The molecule has 0 bridgehead atoms. The van der Waals surface area contributed by atoms with E-state index in [1.54, 1.807) is 30.3 Å². The Morgan fingerprint density at radius 3 is 2.42 bits per heavy atom. The first-order valence-corrected chi connectivity index (χ1v) is 9.71. The van der Waals surface area contributed by atoms with Gasteiger partial charge in [-0.05, 0) is 24.3 Å². The van der Waals surface area contributed by atoms with E-state index in [0.29, 0.717) is 11.8 Å². The molecular formula is C19H15BrF3N5O3. The summed E-state index contributed by atoms with van der Waals surface area (Å²) in [6.45, 7) is 0.595. The Bertz CT molecular complexity index is 1060. The Kier molecular flexibility index (Phi) is 6.35. The summed E-state index contributed by atoms with van der Waals surface area (Å²) in [5.41, 5.74) is -2.35. The summed E-state index contributed by atoms with van der Waals surface area (Å²) in [6.07, 6.45) is -5.00. The summed E-state index contributed by atoms with van der Waals surface area (Å²) in [6, 6.07) is 9.01. The minimum Gasteiger partial charge on any atom is -0.478 e. The Labute approximate surface area is 183 Å². The topological polar surface area (TPSA) is 110 Å². The van der Waals surface area contributed by atoms with Gasteiger partial charge in [-0.15, -0.1) is 0 Å². The van der Waals surface area contributed by atoms with Gasteiger partial charge >= 0.3 is 18.2 Å². The van der Waals surface area contributed by atoms with Crippen molar-refractivity contribution >= 4 is 39.4 Å². The number of amides is 2. The van der Waals surface area contributed by atoms with E-state index in [9.17, 15) is 28.0 Å². The van der Waals surface area contributed by atoms with Crippen molar-refractivity contribution in [1.29, 1.82) is 5.26 Å². The number of halogens is 4. The third-order valence-electron chi connectivity index (χ3n) is 4.56. The van der Waals surface area contributed by atoms with Crippen LogP contribution in [0.25, 0.3) is 0 Å². The number of aromatic carboxylic acids is 1. The molecule has 162 valence electrons. The van der Waals surface area contributed by atoms with E-state index in [2.05, 4.69) is 26.2 Å². The second-order valence-electron chi connectivity index (χ2n) is 6.59. The molecule has 8 nitrogen and oxygen atoms in total. The molecule has 0 atom stereocenters. The standard InChI is InChI=1S/C19H15BrF3N5O3/c20-12-2-1-3-13(9-12)25-18(31)28-6-4-27(5-7-28)16-11(10-24)8-14(17(29)30)15(26-16)19(21,22)23/h1-3,8-9H,4-7H2,(H,25,31)(H,29,30). The number of rotatable bonds is 3. The van der Waals surface area contributed by atoms with Crippen molar-refractivity contribution in [3.8, 4) is 6.07 Å². The number of piperazine rings is 1. The predicted molar refractivity (Wildman–Crippen MR) is 108 cm³/mol. The predicted octanol–water partition coefficient (Wildman–Crippen LogP) is 3.79. The third-order valence-corrected chi connectivity index (χ3v) is 5.06. The van der Waals surface area contributed by atoms with E-state index in [4.69, 9.17) is 5.11 Å². The Morgan fingerprint density at radius 2 is 1.87 bits per heavy atom. The van der Waals surface area contributed by atoms with Crippen LogP contribution in [0.2, 0.25) is 0 Å². The normalized spacial score (nSPS) is 14.2. The van der Waals surface area contributed by atoms with Crippen LogP contribution in [0.1, 0.15) is 21.6 Å². The average molecular weight is 498 g/mol. The molecule has 2 amide bonds. The fraction of sp³-hybridized carbons (Fsp3) is 0.263. The van der Waals surface area contributed by atoms with Gasteiger partial charge in [-0.3, -0.25) is 0 Å². The second kappa shape index (κ2) is 8.81. The third kappa shape index (κ3) is 5.05. The molecule has 3 rings (SSSR count). The summed E-state index contributed by atoms with van der Waals surface area (Å²) in [5, 5.41) is 21.1. The van der Waals surface area contributed by atoms with Crippen LogP contribution in [-0.2, 0) is 6.18 Å². The van der Waals surface area contributed by atoms with Crippen molar-refractivity contribution in [2.75, 3.05) is 36.4 Å². The highest BCUT2D eigenvalue weighted by atomic mass is 79.9. The van der Waals surface area contributed by atoms with Gasteiger partial charge in [-0.2, -0.15) is 18.4 Å². The number of hydrogen-bond donors (Lipinski definition) is 2. The number of pyridine rings is 1. The molecule has 0 spiro atoms. The van der Waals surface area contributed by atoms with Crippen LogP contribution in [-0.4, -0.2) is 53.2 Å². The van der Waals surface area contributed by atoms with Crippen molar-refractivity contribution in [2.45, 2.75) is 6.18 Å². The molecule has 1 saturated heterocycles. The summed E-state index contributed by atoms with van der Waals surface area (Å²) < 4.78 is 40.7. The molecule has 1 aromatic heterocycles. The number of nitriles is 1. The van der Waals surface area contributed by atoms with Crippen molar-refractivity contribution in [2.24, 2.45) is 0 Å². The van der Waals surface area contributed by atoms with Crippen LogP contribution in [0.5, 0.6) is 0 Å². The van der Waals surface area contributed by atoms with Gasteiger partial charge in [0.25, 0.3) is 0 Å². The van der Waals surface area contributed by atoms with Crippen molar-refractivity contribution in [3.63, 3.8) is 0 Å². The molecule has 0 unspecified atom stereocenters. The van der Waals surface area contributed by atoms with Crippen LogP contribution in [0, 0.1) is 11.3 Å². The lowest BCUT2D eigenvalue weighted by molar-refractivity contribution is -0.141. The van der Waals surface area contributed by atoms with Gasteiger partial charge < -0.3 is 20.2 Å². The summed E-state index contributed by atoms with van der Waals surface area (Å²) >= 11 is 3.31. The highest BCUT2D eigenvalue weighted by Crippen LogP contribution is 2.34. The molecule has 1 aliphatic rings. The number of anilines is 2. The number of nitrogens with zero attached hydrogens (tertiary/aromatic N) is 4.